The van der Waals surface area contributed by atoms with Crippen molar-refractivity contribution in [3.63, 3.8) is 0 Å². The van der Waals surface area contributed by atoms with E-state index in [4.69, 9.17) is 16.1 Å². The highest BCUT2D eigenvalue weighted by Crippen LogP contribution is 2.33. The molecule has 1 unspecified atom stereocenters. The molecule has 6 heteroatoms. The molecule has 1 aromatic heterocycles. The highest BCUT2D eigenvalue weighted by molar-refractivity contribution is 6.33. The average Bonchev–Trinajstić information content (AvgIpc) is 3.36. The molecule has 27 heavy (non-hydrogen) atoms. The Hall–Kier alpha value is -2.66. The highest BCUT2D eigenvalue weighted by Gasteiger charge is 2.33. The standard InChI is InChI=1S/C21H20ClN3O2/c22-17-10-5-4-9-16(17)20-23-21(27-24-20)18-11-6-14-25(18)19(26)13-12-15-7-2-1-3-8-15/h1-5,7-10,18H,6,11-14H2. The van der Waals surface area contributed by atoms with Crippen molar-refractivity contribution in [2.45, 2.75) is 31.7 Å². The second kappa shape index (κ2) is 7.92. The van der Waals surface area contributed by atoms with Crippen LogP contribution in [0.25, 0.3) is 11.4 Å². The van der Waals surface area contributed by atoms with E-state index in [0.29, 0.717) is 23.2 Å². The van der Waals surface area contributed by atoms with Gasteiger partial charge in [-0.2, -0.15) is 4.98 Å². The Morgan fingerprint density at radius 3 is 2.74 bits per heavy atom. The van der Waals surface area contributed by atoms with E-state index in [1.807, 2.05) is 53.4 Å². The predicted octanol–water partition coefficient (Wildman–Crippen LogP) is 4.69. The van der Waals surface area contributed by atoms with E-state index < -0.39 is 0 Å². The molecular weight excluding hydrogens is 362 g/mol. The molecule has 4 rings (SSSR count). The minimum Gasteiger partial charge on any atom is -0.337 e. The molecule has 2 heterocycles. The third kappa shape index (κ3) is 3.88. The van der Waals surface area contributed by atoms with Gasteiger partial charge in [-0.3, -0.25) is 4.79 Å². The maximum absolute atomic E-state index is 12.7. The van der Waals surface area contributed by atoms with Crippen molar-refractivity contribution < 1.29 is 9.32 Å². The minimum atomic E-state index is -0.156. The summed E-state index contributed by atoms with van der Waals surface area (Å²) in [6.45, 7) is 0.724. The van der Waals surface area contributed by atoms with E-state index in [0.717, 1.165) is 31.4 Å². The van der Waals surface area contributed by atoms with Gasteiger partial charge in [-0.05, 0) is 37.0 Å². The quantitative estimate of drug-likeness (QED) is 0.643. The Kier molecular flexibility index (Phi) is 5.21. The molecule has 1 saturated heterocycles. The fourth-order valence-electron chi connectivity index (χ4n) is 3.48. The number of benzene rings is 2. The number of aryl methyl sites for hydroxylation is 1. The molecule has 5 nitrogen and oxygen atoms in total. The van der Waals surface area contributed by atoms with Crippen molar-refractivity contribution in [3.05, 3.63) is 71.1 Å². The monoisotopic (exact) mass is 381 g/mol. The van der Waals surface area contributed by atoms with Crippen molar-refractivity contribution in [3.8, 4) is 11.4 Å². The van der Waals surface area contributed by atoms with Crippen LogP contribution in [0.5, 0.6) is 0 Å². The molecule has 3 aromatic rings. The number of nitrogens with zero attached hydrogens (tertiary/aromatic N) is 3. The summed E-state index contributed by atoms with van der Waals surface area (Å²) in [6, 6.07) is 17.3. The number of hydrogen-bond donors (Lipinski definition) is 0. The topological polar surface area (TPSA) is 59.2 Å². The van der Waals surface area contributed by atoms with E-state index in [1.165, 1.54) is 5.56 Å². The molecule has 1 atom stereocenters. The van der Waals surface area contributed by atoms with Gasteiger partial charge in [0.05, 0.1) is 5.02 Å². The Morgan fingerprint density at radius 1 is 1.15 bits per heavy atom. The van der Waals surface area contributed by atoms with Gasteiger partial charge < -0.3 is 9.42 Å². The van der Waals surface area contributed by atoms with Gasteiger partial charge in [0, 0.05) is 18.5 Å². The molecule has 0 saturated carbocycles. The Morgan fingerprint density at radius 2 is 1.93 bits per heavy atom. The molecule has 138 valence electrons. The van der Waals surface area contributed by atoms with Crippen LogP contribution in [0.3, 0.4) is 0 Å². The second-order valence-electron chi connectivity index (χ2n) is 6.67. The highest BCUT2D eigenvalue weighted by atomic mass is 35.5. The van der Waals surface area contributed by atoms with Crippen molar-refractivity contribution in [2.75, 3.05) is 6.54 Å². The van der Waals surface area contributed by atoms with Crippen LogP contribution in [0, 0.1) is 0 Å². The molecule has 1 aliphatic heterocycles. The van der Waals surface area contributed by atoms with Crippen molar-refractivity contribution in [1.29, 1.82) is 0 Å². The smallest absolute Gasteiger partial charge is 0.249 e. The third-order valence-corrected chi connectivity index (χ3v) is 5.21. The minimum absolute atomic E-state index is 0.124. The maximum Gasteiger partial charge on any atom is 0.249 e. The van der Waals surface area contributed by atoms with Crippen molar-refractivity contribution >= 4 is 17.5 Å². The lowest BCUT2D eigenvalue weighted by Crippen LogP contribution is -2.30. The number of halogens is 1. The van der Waals surface area contributed by atoms with E-state index in [1.54, 1.807) is 6.07 Å². The van der Waals surface area contributed by atoms with Gasteiger partial charge in [0.15, 0.2) is 0 Å². The Balaban J connectivity index is 1.47. The fraction of sp³-hybridized carbons (Fsp3) is 0.286. The normalized spacial score (nSPS) is 16.6. The number of rotatable bonds is 5. The van der Waals surface area contributed by atoms with Crippen molar-refractivity contribution in [2.24, 2.45) is 0 Å². The lowest BCUT2D eigenvalue weighted by atomic mass is 10.1. The SMILES string of the molecule is O=C(CCc1ccccc1)N1CCCC1c1nc(-c2ccccc2Cl)no1. The molecule has 0 N–H and O–H groups in total. The van der Waals surface area contributed by atoms with E-state index >= 15 is 0 Å². The van der Waals surface area contributed by atoms with E-state index in [9.17, 15) is 4.79 Å². The molecule has 0 spiro atoms. The van der Waals surface area contributed by atoms with Gasteiger partial charge in [0.2, 0.25) is 17.6 Å². The molecule has 1 fully saturated rings. The maximum atomic E-state index is 12.7. The third-order valence-electron chi connectivity index (χ3n) is 4.89. The zero-order chi connectivity index (χ0) is 18.6. The van der Waals surface area contributed by atoms with E-state index in [-0.39, 0.29) is 11.9 Å². The van der Waals surface area contributed by atoms with Crippen molar-refractivity contribution in [1.82, 2.24) is 15.0 Å². The molecule has 0 radical (unpaired) electrons. The summed E-state index contributed by atoms with van der Waals surface area (Å²) in [4.78, 5) is 19.1. The summed E-state index contributed by atoms with van der Waals surface area (Å²) >= 11 is 6.22. The van der Waals surface area contributed by atoms with Crippen LogP contribution >= 0.6 is 11.6 Å². The van der Waals surface area contributed by atoms with Crippen LogP contribution in [0.2, 0.25) is 5.02 Å². The van der Waals surface area contributed by atoms with Gasteiger partial charge in [-0.15, -0.1) is 0 Å². The first-order chi connectivity index (χ1) is 13.2. The number of amides is 1. The molecule has 1 aliphatic rings. The average molecular weight is 382 g/mol. The fourth-order valence-corrected chi connectivity index (χ4v) is 3.70. The first kappa shape index (κ1) is 17.7. The van der Waals surface area contributed by atoms with Gasteiger partial charge in [0.25, 0.3) is 0 Å². The zero-order valence-electron chi connectivity index (χ0n) is 14.8. The lowest BCUT2D eigenvalue weighted by molar-refractivity contribution is -0.132. The van der Waals surface area contributed by atoms with E-state index in [2.05, 4.69) is 10.1 Å². The van der Waals surface area contributed by atoms with Crippen LogP contribution < -0.4 is 0 Å². The summed E-state index contributed by atoms with van der Waals surface area (Å²) in [6.07, 6.45) is 2.98. The second-order valence-corrected chi connectivity index (χ2v) is 7.07. The van der Waals surface area contributed by atoms with Gasteiger partial charge in [0.1, 0.15) is 6.04 Å². The molecule has 1 amide bonds. The summed E-state index contributed by atoms with van der Waals surface area (Å²) in [5, 5.41) is 4.65. The first-order valence-corrected chi connectivity index (χ1v) is 9.52. The molecule has 2 aromatic carbocycles. The van der Waals surface area contributed by atoms with Gasteiger partial charge in [-0.25, -0.2) is 0 Å². The number of hydrogen-bond acceptors (Lipinski definition) is 4. The number of likely N-dealkylation sites (tertiary alicyclic amines) is 1. The first-order valence-electron chi connectivity index (χ1n) is 9.14. The summed E-state index contributed by atoms with van der Waals surface area (Å²) in [7, 11) is 0. The number of aromatic nitrogens is 2. The Bertz CT molecular complexity index is 926. The number of carbonyl (C=O) groups is 1. The van der Waals surface area contributed by atoms with Crippen LogP contribution in [0.1, 0.15) is 36.8 Å². The summed E-state index contributed by atoms with van der Waals surface area (Å²) < 4.78 is 5.49. The van der Waals surface area contributed by atoms with Crippen LogP contribution in [0.4, 0.5) is 0 Å². The van der Waals surface area contributed by atoms with Crippen LogP contribution in [-0.2, 0) is 11.2 Å². The van der Waals surface area contributed by atoms with Gasteiger partial charge >= 0.3 is 0 Å². The largest absolute Gasteiger partial charge is 0.337 e. The molecular formula is C21H20ClN3O2. The van der Waals surface area contributed by atoms with Gasteiger partial charge in [-0.1, -0.05) is 59.2 Å². The zero-order valence-corrected chi connectivity index (χ0v) is 15.6. The molecule has 0 aliphatic carbocycles. The Labute approximate surface area is 163 Å². The number of carbonyl (C=O) groups excluding carboxylic acids is 1. The lowest BCUT2D eigenvalue weighted by Gasteiger charge is -2.21. The predicted molar refractivity (Wildman–Crippen MR) is 103 cm³/mol. The summed E-state index contributed by atoms with van der Waals surface area (Å²) in [5.74, 6) is 1.06. The van der Waals surface area contributed by atoms with Crippen LogP contribution in [0.15, 0.2) is 59.1 Å². The van der Waals surface area contributed by atoms with Crippen LogP contribution in [-0.4, -0.2) is 27.5 Å². The molecule has 0 bridgehead atoms. The summed E-state index contributed by atoms with van der Waals surface area (Å²) in [5.41, 5.74) is 1.90.